The van der Waals surface area contributed by atoms with Gasteiger partial charge in [0.05, 0.1) is 29.0 Å². The van der Waals surface area contributed by atoms with Crippen molar-refractivity contribution in [2.24, 2.45) is 7.05 Å². The molecule has 2 aromatic rings. The molecule has 114 valence electrons. The number of ether oxygens (including phenoxy) is 1. The Morgan fingerprint density at radius 1 is 1.38 bits per heavy atom. The van der Waals surface area contributed by atoms with E-state index in [1.807, 2.05) is 30.1 Å². The summed E-state index contributed by atoms with van der Waals surface area (Å²) in [5, 5.41) is 7.84. The van der Waals surface area contributed by atoms with Crippen molar-refractivity contribution in [2.45, 2.75) is 26.3 Å². The number of aryl methyl sites for hydroxylation is 1. The summed E-state index contributed by atoms with van der Waals surface area (Å²) < 4.78 is 8.65. The highest BCUT2D eigenvalue weighted by molar-refractivity contribution is 9.10. The number of nitrogens with one attached hydrogen (secondary N) is 1. The Kier molecular flexibility index (Phi) is 5.82. The highest BCUT2D eigenvalue weighted by Crippen LogP contribution is 2.29. The van der Waals surface area contributed by atoms with Crippen LogP contribution in [0.3, 0.4) is 0 Å². The number of benzene rings is 1. The van der Waals surface area contributed by atoms with Gasteiger partial charge in [0, 0.05) is 7.05 Å². The zero-order chi connectivity index (χ0) is 15.2. The first-order chi connectivity index (χ1) is 10.2. The maximum absolute atomic E-state index is 5.74. The van der Waals surface area contributed by atoms with E-state index in [0.29, 0.717) is 0 Å². The number of hydrogen-bond donors (Lipinski definition) is 1. The third kappa shape index (κ3) is 3.86. The predicted octanol–water partition coefficient (Wildman–Crippen LogP) is 3.67. The summed E-state index contributed by atoms with van der Waals surface area (Å²) in [6.45, 7) is 5.83. The van der Waals surface area contributed by atoms with Gasteiger partial charge in [-0.05, 0) is 46.6 Å². The minimum absolute atomic E-state index is 0.0852. The van der Waals surface area contributed by atoms with Crippen LogP contribution in [-0.4, -0.2) is 22.9 Å². The predicted molar refractivity (Wildman–Crippen MR) is 88.7 cm³/mol. The van der Waals surface area contributed by atoms with Crippen molar-refractivity contribution >= 4 is 15.9 Å². The van der Waals surface area contributed by atoms with Crippen LogP contribution in [0.15, 0.2) is 34.9 Å². The summed E-state index contributed by atoms with van der Waals surface area (Å²) in [5.41, 5.74) is 2.29. The number of halogens is 1. The summed E-state index contributed by atoms with van der Waals surface area (Å²) >= 11 is 3.59. The average Bonchev–Trinajstić information content (AvgIpc) is 2.82. The number of nitrogens with zero attached hydrogens (tertiary/aromatic N) is 2. The molecule has 1 unspecified atom stereocenters. The van der Waals surface area contributed by atoms with E-state index < -0.39 is 0 Å². The molecule has 0 bridgehead atoms. The second-order valence-corrected chi connectivity index (χ2v) is 5.77. The Morgan fingerprint density at radius 3 is 2.81 bits per heavy atom. The standard InChI is InChI=1S/C16H22BrN3O/c1-4-9-21-13-8-6-7-12(10-13)15(18-5-2)16-14(17)11-19-20(16)3/h6-8,10-11,15,18H,4-5,9H2,1-3H3. The van der Waals surface area contributed by atoms with Crippen molar-refractivity contribution in [3.05, 3.63) is 46.2 Å². The van der Waals surface area contributed by atoms with Gasteiger partial charge < -0.3 is 10.1 Å². The Labute approximate surface area is 134 Å². The van der Waals surface area contributed by atoms with Gasteiger partial charge in [-0.2, -0.15) is 5.10 Å². The fourth-order valence-electron chi connectivity index (χ4n) is 2.33. The zero-order valence-electron chi connectivity index (χ0n) is 12.8. The van der Waals surface area contributed by atoms with Crippen LogP contribution in [0, 0.1) is 0 Å². The molecule has 0 radical (unpaired) electrons. The summed E-state index contributed by atoms with van der Waals surface area (Å²) in [4.78, 5) is 0. The minimum Gasteiger partial charge on any atom is -0.494 e. The molecule has 2 rings (SSSR count). The SMILES string of the molecule is CCCOc1cccc(C(NCC)c2c(Br)cnn2C)c1. The van der Waals surface area contributed by atoms with Gasteiger partial charge in [0.2, 0.25) is 0 Å². The monoisotopic (exact) mass is 351 g/mol. The molecule has 21 heavy (non-hydrogen) atoms. The lowest BCUT2D eigenvalue weighted by molar-refractivity contribution is 0.317. The topological polar surface area (TPSA) is 39.1 Å². The molecule has 1 aromatic heterocycles. The summed E-state index contributed by atoms with van der Waals surface area (Å²) in [7, 11) is 1.96. The molecular weight excluding hydrogens is 330 g/mol. The van der Waals surface area contributed by atoms with Crippen LogP contribution in [0.4, 0.5) is 0 Å². The maximum Gasteiger partial charge on any atom is 0.119 e. The van der Waals surface area contributed by atoms with Crippen molar-refractivity contribution in [2.75, 3.05) is 13.2 Å². The number of aromatic nitrogens is 2. The Balaban J connectivity index is 2.34. The quantitative estimate of drug-likeness (QED) is 0.826. The maximum atomic E-state index is 5.74. The average molecular weight is 352 g/mol. The summed E-state index contributed by atoms with van der Waals surface area (Å²) in [6.07, 6.45) is 2.84. The van der Waals surface area contributed by atoms with Crippen LogP contribution in [0.25, 0.3) is 0 Å². The molecule has 0 saturated heterocycles. The van der Waals surface area contributed by atoms with Gasteiger partial charge in [-0.25, -0.2) is 0 Å². The van der Waals surface area contributed by atoms with E-state index in [1.54, 1.807) is 0 Å². The molecule has 5 heteroatoms. The van der Waals surface area contributed by atoms with E-state index in [1.165, 1.54) is 5.56 Å². The van der Waals surface area contributed by atoms with Crippen molar-refractivity contribution in [1.29, 1.82) is 0 Å². The van der Waals surface area contributed by atoms with Crippen LogP contribution in [-0.2, 0) is 7.05 Å². The smallest absolute Gasteiger partial charge is 0.119 e. The second kappa shape index (κ2) is 7.61. The minimum atomic E-state index is 0.0852. The fraction of sp³-hybridized carbons (Fsp3) is 0.438. The van der Waals surface area contributed by atoms with Gasteiger partial charge in [-0.15, -0.1) is 0 Å². The van der Waals surface area contributed by atoms with E-state index in [9.17, 15) is 0 Å². The van der Waals surface area contributed by atoms with Crippen LogP contribution >= 0.6 is 15.9 Å². The van der Waals surface area contributed by atoms with Crippen molar-refractivity contribution in [3.63, 3.8) is 0 Å². The first kappa shape index (κ1) is 16.0. The van der Waals surface area contributed by atoms with Crippen LogP contribution in [0.2, 0.25) is 0 Å². The van der Waals surface area contributed by atoms with E-state index in [-0.39, 0.29) is 6.04 Å². The second-order valence-electron chi connectivity index (χ2n) is 4.91. The molecule has 0 amide bonds. The lowest BCUT2D eigenvalue weighted by Gasteiger charge is -2.20. The van der Waals surface area contributed by atoms with Gasteiger partial charge in [-0.3, -0.25) is 4.68 Å². The van der Waals surface area contributed by atoms with E-state index in [0.717, 1.165) is 35.5 Å². The first-order valence-electron chi connectivity index (χ1n) is 7.30. The lowest BCUT2D eigenvalue weighted by Crippen LogP contribution is -2.24. The highest BCUT2D eigenvalue weighted by atomic mass is 79.9. The van der Waals surface area contributed by atoms with Gasteiger partial charge in [-0.1, -0.05) is 26.0 Å². The molecule has 0 aliphatic heterocycles. The Morgan fingerprint density at radius 2 is 2.19 bits per heavy atom. The van der Waals surface area contributed by atoms with Crippen LogP contribution < -0.4 is 10.1 Å². The molecule has 0 saturated carbocycles. The third-order valence-electron chi connectivity index (χ3n) is 3.28. The molecule has 1 aromatic carbocycles. The number of rotatable bonds is 7. The van der Waals surface area contributed by atoms with Gasteiger partial charge in [0.25, 0.3) is 0 Å². The van der Waals surface area contributed by atoms with Crippen LogP contribution in [0.1, 0.15) is 37.6 Å². The molecule has 1 atom stereocenters. The van der Waals surface area contributed by atoms with E-state index in [4.69, 9.17) is 4.74 Å². The fourth-order valence-corrected chi connectivity index (χ4v) is 2.90. The molecule has 0 spiro atoms. The normalized spacial score (nSPS) is 12.4. The molecule has 1 N–H and O–H groups in total. The van der Waals surface area contributed by atoms with Crippen molar-refractivity contribution in [3.8, 4) is 5.75 Å². The number of hydrogen-bond acceptors (Lipinski definition) is 3. The molecule has 4 nitrogen and oxygen atoms in total. The van der Waals surface area contributed by atoms with Gasteiger partial charge in [0.15, 0.2) is 0 Å². The Hall–Kier alpha value is -1.33. The van der Waals surface area contributed by atoms with Gasteiger partial charge in [0.1, 0.15) is 5.75 Å². The third-order valence-corrected chi connectivity index (χ3v) is 3.89. The molecule has 0 fully saturated rings. The Bertz CT molecular complexity index is 563. The summed E-state index contributed by atoms with van der Waals surface area (Å²) in [6, 6.07) is 8.34. The highest BCUT2D eigenvalue weighted by Gasteiger charge is 2.20. The molecule has 1 heterocycles. The largest absolute Gasteiger partial charge is 0.494 e. The molecule has 0 aliphatic rings. The zero-order valence-corrected chi connectivity index (χ0v) is 14.4. The molecular formula is C16H22BrN3O. The molecule has 0 aliphatic carbocycles. The van der Waals surface area contributed by atoms with E-state index in [2.05, 4.69) is 52.3 Å². The van der Waals surface area contributed by atoms with E-state index >= 15 is 0 Å². The summed E-state index contributed by atoms with van der Waals surface area (Å²) in [5.74, 6) is 0.913. The van der Waals surface area contributed by atoms with Crippen LogP contribution in [0.5, 0.6) is 5.75 Å². The van der Waals surface area contributed by atoms with Crippen molar-refractivity contribution in [1.82, 2.24) is 15.1 Å². The lowest BCUT2D eigenvalue weighted by atomic mass is 10.0. The first-order valence-corrected chi connectivity index (χ1v) is 8.10. The van der Waals surface area contributed by atoms with Gasteiger partial charge >= 0.3 is 0 Å². The van der Waals surface area contributed by atoms with Crippen molar-refractivity contribution < 1.29 is 4.74 Å².